The summed E-state index contributed by atoms with van der Waals surface area (Å²) in [6.07, 6.45) is 2.14. The number of benzene rings is 2. The molecule has 2 aromatic carbocycles. The minimum atomic E-state index is -1.07. The maximum Gasteiger partial charge on any atom is 0.411 e. The number of aromatic carboxylic acids is 1. The molecule has 1 saturated heterocycles. The number of hydrogen-bond donors (Lipinski definition) is 1. The summed E-state index contributed by atoms with van der Waals surface area (Å²) in [4.78, 5) is 25.9. The van der Waals surface area contributed by atoms with E-state index in [4.69, 9.17) is 21.1 Å². The molecule has 0 saturated carbocycles. The fourth-order valence-corrected chi connectivity index (χ4v) is 3.98. The number of rotatable bonds is 4. The summed E-state index contributed by atoms with van der Waals surface area (Å²) in [6.45, 7) is 1.000. The smallest absolute Gasteiger partial charge is 0.411 e. The molecule has 29 heavy (non-hydrogen) atoms. The van der Waals surface area contributed by atoms with Gasteiger partial charge in [0.15, 0.2) is 0 Å². The van der Waals surface area contributed by atoms with Gasteiger partial charge in [-0.05, 0) is 35.3 Å². The number of hydrogen-bond acceptors (Lipinski definition) is 4. The summed E-state index contributed by atoms with van der Waals surface area (Å²) in [5.41, 5.74) is 2.77. The number of halogens is 1. The first kappa shape index (κ1) is 19.5. The van der Waals surface area contributed by atoms with Crippen LogP contribution < -0.4 is 0 Å². The average Bonchev–Trinajstić information content (AvgIpc) is 2.72. The Bertz CT molecular complexity index is 959. The number of morpholine rings is 1. The lowest BCUT2D eigenvalue weighted by atomic mass is 9.89. The zero-order valence-corrected chi connectivity index (χ0v) is 16.3. The summed E-state index contributed by atoms with van der Waals surface area (Å²) >= 11 is 5.99. The normalized spacial score (nSPS) is 20.7. The molecular weight excluding hydrogens is 394 g/mol. The predicted octanol–water partition coefficient (Wildman–Crippen LogP) is 4.23. The quantitative estimate of drug-likeness (QED) is 0.811. The standard InChI is InChI=1S/C22H20ClNO5/c23-20-7-6-15(10-19(20)21(25)26)16-8-17-12-28-13-18(9-16)24(17)22(27)29-11-14-4-2-1-3-5-14/h1-8,10,17-18H,9,11-13H2,(H,25,26). The zero-order valence-electron chi connectivity index (χ0n) is 15.6. The van der Waals surface area contributed by atoms with E-state index in [0.717, 1.165) is 16.7 Å². The second-order valence-electron chi connectivity index (χ2n) is 7.10. The summed E-state index contributed by atoms with van der Waals surface area (Å²) < 4.78 is 11.2. The molecule has 2 heterocycles. The molecule has 1 N–H and O–H groups in total. The molecule has 0 radical (unpaired) electrons. The highest BCUT2D eigenvalue weighted by Gasteiger charge is 2.39. The number of carboxylic acid groups (broad SMARTS) is 1. The Labute approximate surface area is 173 Å². The van der Waals surface area contributed by atoms with Gasteiger partial charge in [-0.1, -0.05) is 54.1 Å². The SMILES string of the molecule is O=C(O)c1cc(C2=CC3COCC(C2)N3C(=O)OCc2ccccc2)ccc1Cl. The molecule has 2 aliphatic rings. The molecule has 7 heteroatoms. The van der Waals surface area contributed by atoms with Crippen molar-refractivity contribution in [2.45, 2.75) is 25.1 Å². The van der Waals surface area contributed by atoms with Crippen LogP contribution in [-0.2, 0) is 16.1 Å². The summed E-state index contributed by atoms with van der Waals surface area (Å²) in [7, 11) is 0. The van der Waals surface area contributed by atoms with Crippen molar-refractivity contribution in [3.63, 3.8) is 0 Å². The highest BCUT2D eigenvalue weighted by Crippen LogP contribution is 2.34. The summed E-state index contributed by atoms with van der Waals surface area (Å²) in [6, 6.07) is 14.1. The fraction of sp³-hybridized carbons (Fsp3) is 0.273. The summed E-state index contributed by atoms with van der Waals surface area (Å²) in [5.74, 6) is -1.07. The first-order valence-electron chi connectivity index (χ1n) is 9.33. The van der Waals surface area contributed by atoms with Crippen LogP contribution in [0.5, 0.6) is 0 Å². The van der Waals surface area contributed by atoms with E-state index in [1.165, 1.54) is 0 Å². The maximum atomic E-state index is 12.7. The van der Waals surface area contributed by atoms with Crippen LogP contribution in [0.15, 0.2) is 54.6 Å². The Morgan fingerprint density at radius 3 is 2.69 bits per heavy atom. The second-order valence-corrected chi connectivity index (χ2v) is 7.51. The second kappa shape index (κ2) is 8.27. The monoisotopic (exact) mass is 413 g/mol. The van der Waals surface area contributed by atoms with Crippen molar-refractivity contribution in [1.29, 1.82) is 0 Å². The highest BCUT2D eigenvalue weighted by molar-refractivity contribution is 6.33. The van der Waals surface area contributed by atoms with Crippen molar-refractivity contribution in [1.82, 2.24) is 4.90 Å². The lowest BCUT2D eigenvalue weighted by Crippen LogP contribution is -2.56. The highest BCUT2D eigenvalue weighted by atomic mass is 35.5. The van der Waals surface area contributed by atoms with E-state index in [9.17, 15) is 14.7 Å². The third-order valence-corrected chi connectivity index (χ3v) is 5.51. The van der Waals surface area contributed by atoms with Crippen molar-refractivity contribution in [3.8, 4) is 0 Å². The van der Waals surface area contributed by atoms with E-state index in [-0.39, 0.29) is 35.4 Å². The van der Waals surface area contributed by atoms with Gasteiger partial charge in [-0.15, -0.1) is 0 Å². The van der Waals surface area contributed by atoms with Crippen molar-refractivity contribution in [2.24, 2.45) is 0 Å². The Balaban J connectivity index is 1.53. The van der Waals surface area contributed by atoms with Crippen LogP contribution in [0.1, 0.15) is 27.9 Å². The van der Waals surface area contributed by atoms with Crippen molar-refractivity contribution in [3.05, 3.63) is 76.3 Å². The minimum Gasteiger partial charge on any atom is -0.478 e. The first-order valence-corrected chi connectivity index (χ1v) is 9.71. The Kier molecular flexibility index (Phi) is 5.56. The molecule has 150 valence electrons. The topological polar surface area (TPSA) is 76.1 Å². The number of ether oxygens (including phenoxy) is 2. The molecule has 2 bridgehead atoms. The fourth-order valence-electron chi connectivity index (χ4n) is 3.78. The van der Waals surface area contributed by atoms with Crippen LogP contribution >= 0.6 is 11.6 Å². The maximum absolute atomic E-state index is 12.7. The van der Waals surface area contributed by atoms with Gasteiger partial charge in [0.1, 0.15) is 6.61 Å². The molecular formula is C22H20ClNO5. The lowest BCUT2D eigenvalue weighted by Gasteiger charge is -2.43. The predicted molar refractivity (Wildman–Crippen MR) is 108 cm³/mol. The molecule has 1 fully saturated rings. The van der Waals surface area contributed by atoms with Gasteiger partial charge in [0, 0.05) is 0 Å². The molecule has 6 nitrogen and oxygen atoms in total. The van der Waals surface area contributed by atoms with Crippen molar-refractivity contribution < 1.29 is 24.2 Å². The Morgan fingerprint density at radius 2 is 1.97 bits per heavy atom. The zero-order chi connectivity index (χ0) is 20.4. The van der Waals surface area contributed by atoms with Crippen molar-refractivity contribution >= 4 is 29.2 Å². The molecule has 0 spiro atoms. The molecule has 2 unspecified atom stereocenters. The average molecular weight is 414 g/mol. The van der Waals surface area contributed by atoms with Gasteiger partial charge < -0.3 is 14.6 Å². The molecule has 2 aliphatic heterocycles. The van der Waals surface area contributed by atoms with Gasteiger partial charge >= 0.3 is 12.1 Å². The van der Waals surface area contributed by atoms with E-state index in [2.05, 4.69) is 0 Å². The van der Waals surface area contributed by atoms with Crippen LogP contribution in [0.3, 0.4) is 0 Å². The van der Waals surface area contributed by atoms with Gasteiger partial charge in [-0.2, -0.15) is 0 Å². The molecule has 0 aromatic heterocycles. The van der Waals surface area contributed by atoms with Crippen LogP contribution in [-0.4, -0.2) is 47.4 Å². The van der Waals surface area contributed by atoms with Crippen LogP contribution in [0.2, 0.25) is 5.02 Å². The number of carboxylic acids is 1. The number of amides is 1. The number of carbonyl (C=O) groups excluding carboxylic acids is 1. The van der Waals surface area contributed by atoms with E-state index in [0.29, 0.717) is 19.6 Å². The first-order chi connectivity index (χ1) is 14.0. The minimum absolute atomic E-state index is 0.0659. The van der Waals surface area contributed by atoms with Gasteiger partial charge in [0.05, 0.1) is 35.9 Å². The summed E-state index contributed by atoms with van der Waals surface area (Å²) in [5, 5.41) is 9.53. The molecule has 4 rings (SSSR count). The number of fused-ring (bicyclic) bond motifs is 2. The third-order valence-electron chi connectivity index (χ3n) is 5.18. The van der Waals surface area contributed by atoms with Gasteiger partial charge in [0.2, 0.25) is 0 Å². The van der Waals surface area contributed by atoms with Crippen LogP contribution in [0.25, 0.3) is 5.57 Å². The third kappa shape index (κ3) is 4.13. The van der Waals surface area contributed by atoms with Crippen LogP contribution in [0, 0.1) is 0 Å². The molecule has 2 atom stereocenters. The number of carbonyl (C=O) groups is 2. The molecule has 2 aromatic rings. The number of nitrogens with zero attached hydrogens (tertiary/aromatic N) is 1. The Morgan fingerprint density at radius 1 is 1.17 bits per heavy atom. The Hall–Kier alpha value is -2.83. The van der Waals surface area contributed by atoms with E-state index in [1.54, 1.807) is 23.1 Å². The van der Waals surface area contributed by atoms with E-state index < -0.39 is 5.97 Å². The van der Waals surface area contributed by atoms with E-state index >= 15 is 0 Å². The molecule has 1 amide bonds. The molecule has 0 aliphatic carbocycles. The lowest BCUT2D eigenvalue weighted by molar-refractivity contribution is -0.0342. The van der Waals surface area contributed by atoms with E-state index in [1.807, 2.05) is 36.4 Å². The van der Waals surface area contributed by atoms with Crippen LogP contribution in [0.4, 0.5) is 4.79 Å². The largest absolute Gasteiger partial charge is 0.478 e. The van der Waals surface area contributed by atoms with Gasteiger partial charge in [0.25, 0.3) is 0 Å². The van der Waals surface area contributed by atoms with Crippen molar-refractivity contribution in [2.75, 3.05) is 13.2 Å². The van der Waals surface area contributed by atoms with Gasteiger partial charge in [-0.25, -0.2) is 9.59 Å². The van der Waals surface area contributed by atoms with Gasteiger partial charge in [-0.3, -0.25) is 4.90 Å².